The summed E-state index contributed by atoms with van der Waals surface area (Å²) in [4.78, 5) is 63.5. The quantitative estimate of drug-likeness (QED) is 0.147. The minimum Gasteiger partial charge on any atom is -0.465 e. The highest BCUT2D eigenvalue weighted by Crippen LogP contribution is 2.70. The lowest BCUT2D eigenvalue weighted by Crippen LogP contribution is -2.71. The fourth-order valence-electron chi connectivity index (χ4n) is 7.76. The molecule has 0 aromatic carbocycles. The van der Waals surface area contributed by atoms with Gasteiger partial charge in [0.15, 0.2) is 0 Å². The van der Waals surface area contributed by atoms with Crippen molar-refractivity contribution in [2.45, 2.75) is 105 Å². The van der Waals surface area contributed by atoms with Gasteiger partial charge in [-0.15, -0.1) is 0 Å². The summed E-state index contributed by atoms with van der Waals surface area (Å²) in [5, 5.41) is 0. The molecule has 0 amide bonds. The Kier molecular flexibility index (Phi) is 10.0. The molecule has 3 fully saturated rings. The Hall–Kier alpha value is -3.47. The van der Waals surface area contributed by atoms with Crippen LogP contribution in [0.15, 0.2) is 34.9 Å². The molecule has 0 aromatic heterocycles. The summed E-state index contributed by atoms with van der Waals surface area (Å²) >= 11 is 0. The molecule has 45 heavy (non-hydrogen) atoms. The van der Waals surface area contributed by atoms with Crippen LogP contribution in [0.3, 0.4) is 0 Å². The smallest absolute Gasteiger partial charge is 0.333 e. The summed E-state index contributed by atoms with van der Waals surface area (Å²) < 4.78 is 35.6. The zero-order chi connectivity index (χ0) is 33.3. The molecule has 4 rings (SSSR count). The SMILES string of the molecule is C/C=C(\C)C(=O)OC(C[C@@]1(C)[C@H](C)C[C@H](OC(C)=O)[C@]2(COC(C)=O)[C@@H]1C(OC(=O)/C(C)=C/C)CCC21CO1)C1=CC(=O)OC1. The van der Waals surface area contributed by atoms with Crippen molar-refractivity contribution in [2.24, 2.45) is 22.7 Å². The molecule has 3 unspecified atom stereocenters. The normalized spacial score (nSPS) is 35.0. The largest absolute Gasteiger partial charge is 0.465 e. The van der Waals surface area contributed by atoms with Crippen molar-refractivity contribution in [1.29, 1.82) is 0 Å². The third-order valence-corrected chi connectivity index (χ3v) is 10.6. The van der Waals surface area contributed by atoms with E-state index in [1.807, 2.05) is 13.8 Å². The van der Waals surface area contributed by atoms with Crippen molar-refractivity contribution in [1.82, 2.24) is 0 Å². The van der Waals surface area contributed by atoms with Gasteiger partial charge in [-0.3, -0.25) is 9.59 Å². The average Bonchev–Trinajstić information content (AvgIpc) is 3.64. The number of ether oxygens (including phenoxy) is 6. The Morgan fingerprint density at radius 1 is 1.02 bits per heavy atom. The fourth-order valence-corrected chi connectivity index (χ4v) is 7.76. The van der Waals surface area contributed by atoms with Crippen molar-refractivity contribution in [2.75, 3.05) is 19.8 Å². The Bertz CT molecular complexity index is 1320. The fraction of sp³-hybridized carbons (Fsp3) is 0.676. The van der Waals surface area contributed by atoms with Crippen LogP contribution < -0.4 is 0 Å². The van der Waals surface area contributed by atoms with E-state index in [0.717, 1.165) is 0 Å². The first-order valence-electron chi connectivity index (χ1n) is 15.6. The number of carbonyl (C=O) groups excluding carboxylic acids is 5. The molecule has 0 bridgehead atoms. The number of epoxide rings is 1. The van der Waals surface area contributed by atoms with Crippen LogP contribution in [0.4, 0.5) is 0 Å². The number of allylic oxidation sites excluding steroid dienone is 2. The monoisotopic (exact) mass is 630 g/mol. The van der Waals surface area contributed by atoms with Gasteiger partial charge in [-0.05, 0) is 64.7 Å². The van der Waals surface area contributed by atoms with Crippen molar-refractivity contribution >= 4 is 29.8 Å². The maximum absolute atomic E-state index is 13.3. The van der Waals surface area contributed by atoms with E-state index in [2.05, 4.69) is 0 Å². The summed E-state index contributed by atoms with van der Waals surface area (Å²) in [6.07, 6.45) is 3.98. The number of hydrogen-bond donors (Lipinski definition) is 0. The topological polar surface area (TPSA) is 144 Å². The summed E-state index contributed by atoms with van der Waals surface area (Å²) in [6.45, 7) is 13.7. The average molecular weight is 631 g/mol. The van der Waals surface area contributed by atoms with Crippen LogP contribution in [0.25, 0.3) is 0 Å². The van der Waals surface area contributed by atoms with Crippen molar-refractivity contribution in [3.05, 3.63) is 34.9 Å². The number of fused-ring (bicyclic) bond motifs is 2. The van der Waals surface area contributed by atoms with Crippen LogP contribution in [-0.4, -0.2) is 73.6 Å². The van der Waals surface area contributed by atoms with E-state index in [4.69, 9.17) is 28.4 Å². The van der Waals surface area contributed by atoms with E-state index < -0.39 is 70.5 Å². The lowest BCUT2D eigenvalue weighted by Gasteiger charge is -2.64. The molecule has 0 radical (unpaired) electrons. The van der Waals surface area contributed by atoms with Crippen LogP contribution in [-0.2, 0) is 52.4 Å². The van der Waals surface area contributed by atoms with Crippen molar-refractivity contribution in [3.8, 4) is 0 Å². The zero-order valence-corrected chi connectivity index (χ0v) is 27.6. The molecule has 2 saturated carbocycles. The van der Waals surface area contributed by atoms with Gasteiger partial charge in [0.05, 0.1) is 12.0 Å². The molecule has 1 spiro atoms. The minimum absolute atomic E-state index is 0.0264. The van der Waals surface area contributed by atoms with Gasteiger partial charge in [0.25, 0.3) is 0 Å². The molecule has 2 aliphatic heterocycles. The number of carbonyl (C=O) groups is 5. The van der Waals surface area contributed by atoms with Gasteiger partial charge in [-0.25, -0.2) is 14.4 Å². The third kappa shape index (κ3) is 6.46. The first-order valence-corrected chi connectivity index (χ1v) is 15.6. The number of hydrogen-bond acceptors (Lipinski definition) is 11. The Morgan fingerprint density at radius 2 is 1.67 bits per heavy atom. The molecule has 248 valence electrons. The van der Waals surface area contributed by atoms with Crippen LogP contribution in [0.1, 0.15) is 81.1 Å². The van der Waals surface area contributed by atoms with Gasteiger partial charge < -0.3 is 28.4 Å². The number of cyclic esters (lactones) is 1. The molecule has 2 heterocycles. The Labute approximate surface area is 264 Å². The molecule has 1 saturated heterocycles. The van der Waals surface area contributed by atoms with E-state index in [1.165, 1.54) is 19.9 Å². The van der Waals surface area contributed by atoms with E-state index in [-0.39, 0.29) is 25.6 Å². The van der Waals surface area contributed by atoms with E-state index >= 15 is 0 Å². The predicted molar refractivity (Wildman–Crippen MR) is 160 cm³/mol. The van der Waals surface area contributed by atoms with E-state index in [1.54, 1.807) is 39.8 Å². The highest BCUT2D eigenvalue weighted by molar-refractivity contribution is 5.89. The van der Waals surface area contributed by atoms with Gasteiger partial charge in [0.1, 0.15) is 37.1 Å². The molecule has 0 N–H and O–H groups in total. The number of rotatable bonds is 10. The second kappa shape index (κ2) is 13.1. The molecular weight excluding hydrogens is 584 g/mol. The molecule has 11 nitrogen and oxygen atoms in total. The first-order chi connectivity index (χ1) is 21.1. The predicted octanol–water partition coefficient (Wildman–Crippen LogP) is 4.32. The maximum Gasteiger partial charge on any atom is 0.333 e. The van der Waals surface area contributed by atoms with Crippen LogP contribution in [0.2, 0.25) is 0 Å². The van der Waals surface area contributed by atoms with Crippen molar-refractivity contribution in [3.63, 3.8) is 0 Å². The standard InChI is InChI=1S/C34H46O11/c1-9-19(3)30(38)44-25-11-12-33(17-42-33)34(18-41-22(6)35)27(43-23(7)36)13-21(5)32(8,29(25)34)15-26(24-14-28(37)40-16-24)45-31(39)20(4)10-2/h9-10,14,21,25-27,29H,11-13,15-18H2,1-8H3/b19-9+,20-10+/t21-,25?,26?,27+,29-,32+,33?,34-/m1/s1. The van der Waals surface area contributed by atoms with Crippen LogP contribution >= 0.6 is 0 Å². The lowest BCUT2D eigenvalue weighted by atomic mass is 9.42. The summed E-state index contributed by atoms with van der Waals surface area (Å²) in [7, 11) is 0. The molecule has 8 atom stereocenters. The second-order valence-electron chi connectivity index (χ2n) is 13.2. The third-order valence-electron chi connectivity index (χ3n) is 10.6. The van der Waals surface area contributed by atoms with Crippen LogP contribution in [0.5, 0.6) is 0 Å². The summed E-state index contributed by atoms with van der Waals surface area (Å²) in [5.41, 5.74) is -1.32. The van der Waals surface area contributed by atoms with Gasteiger partial charge in [0, 0.05) is 42.6 Å². The molecular formula is C34H46O11. The maximum atomic E-state index is 13.3. The lowest BCUT2D eigenvalue weighted by molar-refractivity contribution is -0.258. The molecule has 11 heteroatoms. The van der Waals surface area contributed by atoms with E-state index in [9.17, 15) is 24.0 Å². The number of esters is 5. The highest BCUT2D eigenvalue weighted by atomic mass is 16.6. The second-order valence-corrected chi connectivity index (χ2v) is 13.2. The van der Waals surface area contributed by atoms with Crippen molar-refractivity contribution < 1.29 is 52.4 Å². The van der Waals surface area contributed by atoms with Gasteiger partial charge in [-0.1, -0.05) is 26.0 Å². The minimum atomic E-state index is -1.09. The Balaban J connectivity index is 1.91. The van der Waals surface area contributed by atoms with E-state index in [0.29, 0.717) is 42.6 Å². The van der Waals surface area contributed by atoms with Gasteiger partial charge in [-0.2, -0.15) is 0 Å². The first kappa shape index (κ1) is 34.4. The highest BCUT2D eigenvalue weighted by Gasteiger charge is 2.77. The van der Waals surface area contributed by atoms with Gasteiger partial charge in [0.2, 0.25) is 0 Å². The van der Waals surface area contributed by atoms with Gasteiger partial charge >= 0.3 is 29.8 Å². The summed E-state index contributed by atoms with van der Waals surface area (Å²) in [6, 6.07) is 0. The summed E-state index contributed by atoms with van der Waals surface area (Å²) in [5.74, 6) is -3.29. The van der Waals surface area contributed by atoms with Crippen LogP contribution in [0, 0.1) is 22.7 Å². The molecule has 2 aliphatic carbocycles. The zero-order valence-electron chi connectivity index (χ0n) is 27.6. The Morgan fingerprint density at radius 3 is 2.20 bits per heavy atom. The molecule has 0 aromatic rings. The molecule has 4 aliphatic rings.